The molecule has 6 nitrogen and oxygen atoms in total. The molecule has 23 heavy (non-hydrogen) atoms. The number of carboxylic acids is 1. The summed E-state index contributed by atoms with van der Waals surface area (Å²) >= 11 is 5.81. The van der Waals surface area contributed by atoms with E-state index in [0.717, 1.165) is 32.5 Å². The zero-order valence-corrected chi connectivity index (χ0v) is 13.8. The molecule has 1 saturated heterocycles. The maximum Gasteiger partial charge on any atom is 0.337 e. The van der Waals surface area contributed by atoms with Crippen LogP contribution < -0.4 is 5.32 Å². The third kappa shape index (κ3) is 5.20. The second kappa shape index (κ2) is 8.29. The van der Waals surface area contributed by atoms with Gasteiger partial charge in [-0.05, 0) is 37.6 Å². The summed E-state index contributed by atoms with van der Waals surface area (Å²) in [4.78, 5) is 25.2. The summed E-state index contributed by atoms with van der Waals surface area (Å²) in [5.41, 5.74) is 0.390. The van der Waals surface area contributed by atoms with E-state index in [0.29, 0.717) is 5.69 Å². The van der Waals surface area contributed by atoms with Crippen molar-refractivity contribution in [3.8, 4) is 0 Å². The van der Waals surface area contributed by atoms with Crippen LogP contribution in [-0.4, -0.2) is 54.2 Å². The summed E-state index contributed by atoms with van der Waals surface area (Å²) in [6.07, 6.45) is 2.28. The highest BCUT2D eigenvalue weighted by atomic mass is 35.5. The van der Waals surface area contributed by atoms with Gasteiger partial charge in [0.2, 0.25) is 5.91 Å². The lowest BCUT2D eigenvalue weighted by Crippen LogP contribution is -2.38. The Morgan fingerprint density at radius 3 is 2.87 bits per heavy atom. The molecule has 0 bridgehead atoms. The van der Waals surface area contributed by atoms with Gasteiger partial charge in [0.15, 0.2) is 0 Å². The molecule has 1 aromatic rings. The first kappa shape index (κ1) is 17.7. The van der Waals surface area contributed by atoms with Crippen LogP contribution in [0.5, 0.6) is 0 Å². The molecule has 0 radical (unpaired) electrons. The maximum atomic E-state index is 12.1. The molecule has 1 aromatic carbocycles. The molecular weight excluding hydrogens is 320 g/mol. The van der Waals surface area contributed by atoms with Crippen molar-refractivity contribution < 1.29 is 19.4 Å². The van der Waals surface area contributed by atoms with Crippen LogP contribution in [0.1, 0.15) is 30.1 Å². The number of amides is 1. The van der Waals surface area contributed by atoms with E-state index in [1.54, 1.807) is 6.07 Å². The van der Waals surface area contributed by atoms with E-state index in [2.05, 4.69) is 5.32 Å². The molecule has 0 unspecified atom stereocenters. The van der Waals surface area contributed by atoms with Gasteiger partial charge in [0.1, 0.15) is 0 Å². The number of rotatable bonds is 7. The lowest BCUT2D eigenvalue weighted by Gasteiger charge is -2.23. The van der Waals surface area contributed by atoms with Crippen LogP contribution in [0.3, 0.4) is 0 Å². The minimum Gasteiger partial charge on any atom is -0.478 e. The molecule has 7 heteroatoms. The average molecular weight is 341 g/mol. The Kier molecular flexibility index (Phi) is 6.38. The highest BCUT2D eigenvalue weighted by Gasteiger charge is 2.20. The van der Waals surface area contributed by atoms with Crippen molar-refractivity contribution in [3.63, 3.8) is 0 Å². The van der Waals surface area contributed by atoms with E-state index in [-0.39, 0.29) is 29.1 Å². The minimum absolute atomic E-state index is 0.0313. The molecule has 2 rings (SSSR count). The van der Waals surface area contributed by atoms with Crippen LogP contribution in [0, 0.1) is 0 Å². The molecule has 1 fully saturated rings. The van der Waals surface area contributed by atoms with Crippen LogP contribution >= 0.6 is 11.6 Å². The second-order valence-corrected chi connectivity index (χ2v) is 5.92. The largest absolute Gasteiger partial charge is 0.478 e. The number of carbonyl (C=O) groups excluding carboxylic acids is 1. The quantitative estimate of drug-likeness (QED) is 0.797. The van der Waals surface area contributed by atoms with Gasteiger partial charge in [-0.3, -0.25) is 9.69 Å². The number of hydrogen-bond acceptors (Lipinski definition) is 4. The number of nitrogens with zero attached hydrogens (tertiary/aromatic N) is 1. The van der Waals surface area contributed by atoms with E-state index in [1.807, 2.05) is 11.8 Å². The zero-order valence-electron chi connectivity index (χ0n) is 13.0. The van der Waals surface area contributed by atoms with E-state index in [1.165, 1.54) is 12.1 Å². The molecule has 2 N–H and O–H groups in total. The normalized spacial score (nSPS) is 17.4. The summed E-state index contributed by atoms with van der Waals surface area (Å²) in [5, 5.41) is 11.9. The highest BCUT2D eigenvalue weighted by molar-refractivity contribution is 6.33. The molecule has 0 spiro atoms. The molecule has 0 aromatic heterocycles. The van der Waals surface area contributed by atoms with Crippen molar-refractivity contribution >= 4 is 29.2 Å². The first-order valence-electron chi connectivity index (χ1n) is 7.66. The number of anilines is 1. The van der Waals surface area contributed by atoms with E-state index < -0.39 is 5.97 Å². The summed E-state index contributed by atoms with van der Waals surface area (Å²) in [6, 6.07) is 4.41. The van der Waals surface area contributed by atoms with Gasteiger partial charge < -0.3 is 15.2 Å². The highest BCUT2D eigenvalue weighted by Crippen LogP contribution is 2.20. The molecular formula is C16H21ClN2O4. The predicted octanol–water partition coefficient (Wildman–Crippen LogP) is 2.48. The van der Waals surface area contributed by atoms with Gasteiger partial charge >= 0.3 is 5.97 Å². The standard InChI is InChI=1S/C16H21ClN2O4/c1-2-19(9-12-4-3-7-23-12)10-15(20)18-11-5-6-14(17)13(8-11)16(21)22/h5-6,8,12H,2-4,7,9-10H2,1H3,(H,18,20)(H,21,22)/t12-/m0/s1. The molecule has 1 amide bonds. The topological polar surface area (TPSA) is 78.9 Å². The Morgan fingerprint density at radius 2 is 2.26 bits per heavy atom. The maximum absolute atomic E-state index is 12.1. The van der Waals surface area contributed by atoms with Crippen LogP contribution in [0.4, 0.5) is 5.69 Å². The number of aromatic carboxylic acids is 1. The fraction of sp³-hybridized carbons (Fsp3) is 0.500. The molecule has 1 heterocycles. The third-order valence-corrected chi connectivity index (χ3v) is 4.11. The van der Waals surface area contributed by atoms with Gasteiger partial charge in [-0.2, -0.15) is 0 Å². The van der Waals surface area contributed by atoms with Gasteiger partial charge in [0, 0.05) is 18.8 Å². The van der Waals surface area contributed by atoms with Crippen LogP contribution in [0.25, 0.3) is 0 Å². The van der Waals surface area contributed by atoms with Crippen LogP contribution in [0.15, 0.2) is 18.2 Å². The summed E-state index contributed by atoms with van der Waals surface area (Å²) in [7, 11) is 0. The van der Waals surface area contributed by atoms with Crippen LogP contribution in [-0.2, 0) is 9.53 Å². The summed E-state index contributed by atoms with van der Waals surface area (Å²) in [5.74, 6) is -1.32. The smallest absolute Gasteiger partial charge is 0.337 e. The van der Waals surface area contributed by atoms with E-state index >= 15 is 0 Å². The number of carbonyl (C=O) groups is 2. The molecule has 1 aliphatic rings. The Balaban J connectivity index is 1.92. The Labute approximate surface area is 140 Å². The Hall–Kier alpha value is -1.63. The van der Waals surface area contributed by atoms with E-state index in [9.17, 15) is 9.59 Å². The van der Waals surface area contributed by atoms with Gasteiger partial charge in [0.05, 0.1) is 23.2 Å². The monoisotopic (exact) mass is 340 g/mol. The average Bonchev–Trinajstić information content (AvgIpc) is 3.01. The van der Waals surface area contributed by atoms with Crippen molar-refractivity contribution in [2.75, 3.05) is 31.6 Å². The fourth-order valence-corrected chi connectivity index (χ4v) is 2.75. The first-order chi connectivity index (χ1) is 11.0. The number of halogens is 1. The van der Waals surface area contributed by atoms with Crippen molar-refractivity contribution in [2.24, 2.45) is 0 Å². The van der Waals surface area contributed by atoms with Crippen molar-refractivity contribution in [2.45, 2.75) is 25.9 Å². The molecule has 0 aliphatic carbocycles. The predicted molar refractivity (Wildman–Crippen MR) is 88.1 cm³/mol. The number of ether oxygens (including phenoxy) is 1. The molecule has 1 atom stereocenters. The van der Waals surface area contributed by atoms with Gasteiger partial charge in [0.25, 0.3) is 0 Å². The summed E-state index contributed by atoms with van der Waals surface area (Å²) < 4.78 is 5.59. The Bertz CT molecular complexity index is 573. The lowest BCUT2D eigenvalue weighted by molar-refractivity contribution is -0.117. The lowest BCUT2D eigenvalue weighted by atomic mass is 10.2. The number of hydrogen-bond donors (Lipinski definition) is 2. The molecule has 1 aliphatic heterocycles. The third-order valence-electron chi connectivity index (χ3n) is 3.78. The van der Waals surface area contributed by atoms with Crippen molar-refractivity contribution in [1.82, 2.24) is 4.90 Å². The summed E-state index contributed by atoms with van der Waals surface area (Å²) in [6.45, 7) is 4.49. The molecule has 126 valence electrons. The minimum atomic E-state index is -1.13. The van der Waals surface area contributed by atoms with E-state index in [4.69, 9.17) is 21.4 Å². The van der Waals surface area contributed by atoms with Gasteiger partial charge in [-0.15, -0.1) is 0 Å². The van der Waals surface area contributed by atoms with Crippen molar-refractivity contribution in [3.05, 3.63) is 28.8 Å². The van der Waals surface area contributed by atoms with Crippen molar-refractivity contribution in [1.29, 1.82) is 0 Å². The first-order valence-corrected chi connectivity index (χ1v) is 8.04. The van der Waals surface area contributed by atoms with Gasteiger partial charge in [-0.1, -0.05) is 18.5 Å². The number of benzene rings is 1. The second-order valence-electron chi connectivity index (χ2n) is 5.51. The zero-order chi connectivity index (χ0) is 16.8. The number of likely N-dealkylation sites (N-methyl/N-ethyl adjacent to an activating group) is 1. The van der Waals surface area contributed by atoms with Crippen LogP contribution in [0.2, 0.25) is 5.02 Å². The number of nitrogens with one attached hydrogen (secondary N) is 1. The Morgan fingerprint density at radius 1 is 1.48 bits per heavy atom. The number of carboxylic acid groups (broad SMARTS) is 1. The SMILES string of the molecule is CCN(CC(=O)Nc1ccc(Cl)c(C(=O)O)c1)C[C@@H]1CCCO1. The molecule has 0 saturated carbocycles. The fourth-order valence-electron chi connectivity index (χ4n) is 2.55. The van der Waals surface area contributed by atoms with Gasteiger partial charge in [-0.25, -0.2) is 4.79 Å².